The molecule has 27 heavy (non-hydrogen) atoms. The van der Waals surface area contributed by atoms with E-state index in [-0.39, 0.29) is 25.5 Å². The van der Waals surface area contributed by atoms with E-state index in [1.54, 1.807) is 0 Å². The van der Waals surface area contributed by atoms with Gasteiger partial charge in [0.2, 0.25) is 0 Å². The fraction of sp³-hybridized carbons (Fsp3) is 0.611. The average Bonchev–Trinajstić information content (AvgIpc) is 2.64. The molecule has 1 aromatic carbocycles. The minimum Gasteiger partial charge on any atom is -0.386 e. The standard InChI is InChI=1S/C18H26F4N4O/c1-3-23-17(24-12-16(27)14-4-6-15(19)7-5-14)26-10-8-25(9-11-26)13(2)18(20,21)22/h4-7,13,16,27H,3,8-12H2,1-2H3,(H,23,24). The Bertz CT molecular complexity index is 613. The van der Waals surface area contributed by atoms with Crippen LogP contribution < -0.4 is 5.32 Å². The van der Waals surface area contributed by atoms with Gasteiger partial charge in [-0.25, -0.2) is 4.39 Å². The third-order valence-electron chi connectivity index (χ3n) is 4.64. The minimum atomic E-state index is -4.24. The summed E-state index contributed by atoms with van der Waals surface area (Å²) in [6, 6.07) is 4.07. The number of benzene rings is 1. The van der Waals surface area contributed by atoms with Gasteiger partial charge in [0.05, 0.1) is 12.6 Å². The van der Waals surface area contributed by atoms with E-state index in [2.05, 4.69) is 10.3 Å². The molecule has 2 unspecified atom stereocenters. The monoisotopic (exact) mass is 390 g/mol. The summed E-state index contributed by atoms with van der Waals surface area (Å²) < 4.78 is 51.6. The van der Waals surface area contributed by atoms with Crippen molar-refractivity contribution in [1.82, 2.24) is 15.1 Å². The van der Waals surface area contributed by atoms with Gasteiger partial charge in [-0.15, -0.1) is 0 Å². The summed E-state index contributed by atoms with van der Waals surface area (Å²) in [6.45, 7) is 5.15. The topological polar surface area (TPSA) is 51.1 Å². The Morgan fingerprint density at radius 2 is 1.78 bits per heavy atom. The average molecular weight is 390 g/mol. The molecule has 2 N–H and O–H groups in total. The lowest BCUT2D eigenvalue weighted by Gasteiger charge is -2.39. The molecule has 2 atom stereocenters. The van der Waals surface area contributed by atoms with Crippen LogP contribution >= 0.6 is 0 Å². The van der Waals surface area contributed by atoms with Crippen LogP contribution in [0.3, 0.4) is 0 Å². The summed E-state index contributed by atoms with van der Waals surface area (Å²) in [5.41, 5.74) is 0.555. The molecule has 1 aliphatic heterocycles. The predicted molar refractivity (Wildman–Crippen MR) is 96.0 cm³/mol. The third-order valence-corrected chi connectivity index (χ3v) is 4.64. The zero-order chi connectivity index (χ0) is 20.0. The number of alkyl halides is 3. The van der Waals surface area contributed by atoms with Crippen molar-refractivity contribution in [1.29, 1.82) is 0 Å². The summed E-state index contributed by atoms with van der Waals surface area (Å²) in [4.78, 5) is 7.70. The van der Waals surface area contributed by atoms with Gasteiger partial charge < -0.3 is 15.3 Å². The fourth-order valence-corrected chi connectivity index (χ4v) is 2.92. The summed E-state index contributed by atoms with van der Waals surface area (Å²) in [6.07, 6.45) is -5.12. The maximum absolute atomic E-state index is 13.0. The molecule has 1 heterocycles. The van der Waals surface area contributed by atoms with Crippen LogP contribution in [0.5, 0.6) is 0 Å². The molecular formula is C18H26F4N4O. The molecule has 9 heteroatoms. The first-order chi connectivity index (χ1) is 12.7. The van der Waals surface area contributed by atoms with Crippen LogP contribution in [-0.4, -0.2) is 72.4 Å². The molecule has 0 amide bonds. The van der Waals surface area contributed by atoms with Gasteiger partial charge in [0.25, 0.3) is 0 Å². The van der Waals surface area contributed by atoms with E-state index >= 15 is 0 Å². The number of nitrogens with one attached hydrogen (secondary N) is 1. The number of aliphatic hydroxyl groups excluding tert-OH is 1. The molecule has 1 fully saturated rings. The van der Waals surface area contributed by atoms with E-state index in [1.807, 2.05) is 11.8 Å². The molecule has 0 saturated carbocycles. The largest absolute Gasteiger partial charge is 0.403 e. The van der Waals surface area contributed by atoms with Crippen molar-refractivity contribution < 1.29 is 22.7 Å². The van der Waals surface area contributed by atoms with E-state index in [9.17, 15) is 22.7 Å². The number of guanidine groups is 1. The van der Waals surface area contributed by atoms with Crippen LogP contribution in [0.15, 0.2) is 29.3 Å². The van der Waals surface area contributed by atoms with Gasteiger partial charge in [-0.05, 0) is 31.5 Å². The van der Waals surface area contributed by atoms with Crippen molar-refractivity contribution in [2.24, 2.45) is 4.99 Å². The van der Waals surface area contributed by atoms with E-state index in [1.165, 1.54) is 36.1 Å². The van der Waals surface area contributed by atoms with Gasteiger partial charge in [0.1, 0.15) is 11.9 Å². The minimum absolute atomic E-state index is 0.0765. The summed E-state index contributed by atoms with van der Waals surface area (Å²) in [7, 11) is 0. The van der Waals surface area contributed by atoms with Crippen LogP contribution in [-0.2, 0) is 0 Å². The van der Waals surface area contributed by atoms with Gasteiger partial charge in [0, 0.05) is 32.7 Å². The van der Waals surface area contributed by atoms with Crippen molar-refractivity contribution in [3.05, 3.63) is 35.6 Å². The van der Waals surface area contributed by atoms with Gasteiger partial charge >= 0.3 is 6.18 Å². The van der Waals surface area contributed by atoms with E-state index in [4.69, 9.17) is 0 Å². The van der Waals surface area contributed by atoms with Gasteiger partial charge in [0.15, 0.2) is 5.96 Å². The second kappa shape index (κ2) is 9.36. The van der Waals surface area contributed by atoms with Crippen LogP contribution in [0.2, 0.25) is 0 Å². The van der Waals surface area contributed by atoms with Crippen molar-refractivity contribution in [2.45, 2.75) is 32.2 Å². The highest BCUT2D eigenvalue weighted by Gasteiger charge is 2.41. The second-order valence-corrected chi connectivity index (χ2v) is 6.50. The van der Waals surface area contributed by atoms with Gasteiger partial charge in [-0.2, -0.15) is 13.2 Å². The lowest BCUT2D eigenvalue weighted by molar-refractivity contribution is -0.181. The molecule has 0 aromatic heterocycles. The van der Waals surface area contributed by atoms with Crippen molar-refractivity contribution in [3.8, 4) is 0 Å². The Morgan fingerprint density at radius 3 is 2.30 bits per heavy atom. The molecular weight excluding hydrogens is 364 g/mol. The van der Waals surface area contributed by atoms with Crippen molar-refractivity contribution in [2.75, 3.05) is 39.3 Å². The zero-order valence-corrected chi connectivity index (χ0v) is 15.5. The second-order valence-electron chi connectivity index (χ2n) is 6.50. The summed E-state index contributed by atoms with van der Waals surface area (Å²) >= 11 is 0. The molecule has 1 aromatic rings. The Balaban J connectivity index is 1.96. The number of rotatable bonds is 5. The smallest absolute Gasteiger partial charge is 0.386 e. The van der Waals surface area contributed by atoms with Crippen molar-refractivity contribution in [3.63, 3.8) is 0 Å². The maximum atomic E-state index is 13.0. The lowest BCUT2D eigenvalue weighted by atomic mass is 10.1. The molecule has 0 aliphatic carbocycles. The Labute approximate surface area is 156 Å². The third kappa shape index (κ3) is 6.07. The van der Waals surface area contributed by atoms with E-state index < -0.39 is 18.3 Å². The zero-order valence-electron chi connectivity index (χ0n) is 15.5. The summed E-state index contributed by atoms with van der Waals surface area (Å²) in [5.74, 6) is 0.173. The molecule has 2 rings (SSSR count). The highest BCUT2D eigenvalue weighted by molar-refractivity contribution is 5.80. The molecule has 152 valence electrons. The van der Waals surface area contributed by atoms with Crippen LogP contribution in [0.25, 0.3) is 0 Å². The predicted octanol–water partition coefficient (Wildman–Crippen LogP) is 2.39. The number of hydrogen-bond acceptors (Lipinski definition) is 3. The number of aliphatic hydroxyl groups is 1. The number of aliphatic imine (C=N–C) groups is 1. The van der Waals surface area contributed by atoms with Crippen LogP contribution in [0.1, 0.15) is 25.5 Å². The lowest BCUT2D eigenvalue weighted by Crippen LogP contribution is -2.56. The number of piperazine rings is 1. The number of halogens is 4. The van der Waals surface area contributed by atoms with Crippen molar-refractivity contribution >= 4 is 5.96 Å². The SMILES string of the molecule is CCNC(=NCC(O)c1ccc(F)cc1)N1CCN(C(C)C(F)(F)F)CC1. The first-order valence-corrected chi connectivity index (χ1v) is 9.00. The maximum Gasteiger partial charge on any atom is 0.403 e. The molecule has 0 radical (unpaired) electrons. The normalized spacial score (nSPS) is 19.1. The summed E-state index contributed by atoms with van der Waals surface area (Å²) in [5, 5.41) is 13.3. The number of hydrogen-bond donors (Lipinski definition) is 2. The Hall–Kier alpha value is -1.87. The van der Waals surface area contributed by atoms with E-state index in [0.29, 0.717) is 31.2 Å². The fourth-order valence-electron chi connectivity index (χ4n) is 2.92. The quantitative estimate of drug-likeness (QED) is 0.461. The molecule has 0 spiro atoms. The molecule has 0 bridgehead atoms. The van der Waals surface area contributed by atoms with Crippen LogP contribution in [0, 0.1) is 5.82 Å². The first kappa shape index (κ1) is 21.4. The molecule has 1 saturated heterocycles. The Kier molecular flexibility index (Phi) is 7.43. The highest BCUT2D eigenvalue weighted by atomic mass is 19.4. The van der Waals surface area contributed by atoms with E-state index in [0.717, 1.165) is 0 Å². The molecule has 5 nitrogen and oxygen atoms in total. The first-order valence-electron chi connectivity index (χ1n) is 9.00. The Morgan fingerprint density at radius 1 is 1.19 bits per heavy atom. The highest BCUT2D eigenvalue weighted by Crippen LogP contribution is 2.25. The van der Waals surface area contributed by atoms with Gasteiger partial charge in [-0.1, -0.05) is 12.1 Å². The molecule has 1 aliphatic rings. The number of nitrogens with zero attached hydrogens (tertiary/aromatic N) is 3. The van der Waals surface area contributed by atoms with Crippen LogP contribution in [0.4, 0.5) is 17.6 Å². The van der Waals surface area contributed by atoms with Gasteiger partial charge in [-0.3, -0.25) is 9.89 Å².